The monoisotopic (exact) mass is 528 g/mol. The Morgan fingerprint density at radius 3 is 1.26 bits per heavy atom. The second-order valence-corrected chi connectivity index (χ2v) is 13.0. The molecule has 0 aliphatic rings. The summed E-state index contributed by atoms with van der Waals surface area (Å²) in [6, 6.07) is 17.3. The van der Waals surface area contributed by atoms with E-state index in [1.54, 1.807) is 23.8 Å². The highest BCUT2D eigenvalue weighted by atomic mass is 32.2. The van der Waals surface area contributed by atoms with Crippen LogP contribution in [-0.2, 0) is 34.4 Å². The van der Waals surface area contributed by atoms with Crippen molar-refractivity contribution in [3.05, 3.63) is 59.7 Å². The number of rotatable bonds is 14. The zero-order chi connectivity index (χ0) is 25.2. The summed E-state index contributed by atoms with van der Waals surface area (Å²) in [4.78, 5) is 3.41. The molecule has 0 fully saturated rings. The zero-order valence-corrected chi connectivity index (χ0v) is 24.2. The molecule has 0 aliphatic carbocycles. The molecule has 35 heavy (non-hydrogen) atoms. The van der Waals surface area contributed by atoms with Crippen LogP contribution in [-0.4, -0.2) is 20.9 Å². The maximum Gasteiger partial charge on any atom is 0.0739 e. The van der Waals surface area contributed by atoms with Gasteiger partial charge in [0.15, 0.2) is 0 Å². The van der Waals surface area contributed by atoms with Crippen molar-refractivity contribution in [2.75, 3.05) is 12.5 Å². The topological polar surface area (TPSA) is 34.1 Å². The van der Waals surface area contributed by atoms with Crippen molar-refractivity contribution in [1.29, 1.82) is 0 Å². The molecular formula is C30H40O2S3. The molecule has 3 aromatic rings. The van der Waals surface area contributed by atoms with Gasteiger partial charge in [-0.1, -0.05) is 101 Å². The van der Waals surface area contributed by atoms with Gasteiger partial charge in [-0.25, -0.2) is 0 Å². The summed E-state index contributed by atoms with van der Waals surface area (Å²) in [5, 5.41) is 0. The van der Waals surface area contributed by atoms with E-state index in [4.69, 9.17) is 0 Å². The third-order valence-corrected chi connectivity index (χ3v) is 10.1. The Kier molecular flexibility index (Phi) is 11.4. The van der Waals surface area contributed by atoms with Gasteiger partial charge in [0.25, 0.3) is 0 Å². The second kappa shape index (κ2) is 14.2. The van der Waals surface area contributed by atoms with Gasteiger partial charge in [-0.05, 0) is 47.9 Å². The molecule has 2 atom stereocenters. The molecule has 0 N–H and O–H groups in total. The molecule has 0 aliphatic heterocycles. The molecule has 1 aromatic heterocycles. The molecular weight excluding hydrogens is 489 g/mol. The predicted octanol–water partition coefficient (Wildman–Crippen LogP) is 8.80. The first-order chi connectivity index (χ1) is 17.0. The van der Waals surface area contributed by atoms with Gasteiger partial charge in [0, 0.05) is 12.5 Å². The number of hydrogen-bond acceptors (Lipinski definition) is 3. The lowest BCUT2D eigenvalue weighted by atomic mass is 10.0. The number of aryl methyl sites for hydroxylation is 2. The molecule has 1 heterocycles. The molecule has 3 rings (SSSR count). The first-order valence-corrected chi connectivity index (χ1v) is 16.9. The number of benzene rings is 2. The molecule has 190 valence electrons. The smallest absolute Gasteiger partial charge is 0.0739 e. The van der Waals surface area contributed by atoms with Crippen LogP contribution < -0.4 is 0 Å². The standard InChI is InChI=1S/C30H40O2S3/c1-5-7-9-11-13-23-15-19-25(20-16-23)27-29(34(3)31)30(35(4)32)28(33-27)26-21-17-24(18-22-26)14-12-10-8-6-2/h15-22H,5-14H2,1-4H3. The lowest BCUT2D eigenvalue weighted by molar-refractivity contribution is 0.667. The maximum absolute atomic E-state index is 12.9. The van der Waals surface area contributed by atoms with Crippen molar-refractivity contribution >= 4 is 32.9 Å². The Balaban J connectivity index is 1.90. The summed E-state index contributed by atoms with van der Waals surface area (Å²) >= 11 is 1.62. The Morgan fingerprint density at radius 1 is 0.571 bits per heavy atom. The average Bonchev–Trinajstić information content (AvgIpc) is 3.27. The fourth-order valence-corrected chi connectivity index (χ4v) is 8.83. The fraction of sp³-hybridized carbons (Fsp3) is 0.467. The minimum Gasteiger partial charge on any atom is -0.255 e. The van der Waals surface area contributed by atoms with Crippen LogP contribution in [0.2, 0.25) is 0 Å². The summed E-state index contributed by atoms with van der Waals surface area (Å²) in [5.41, 5.74) is 4.80. The van der Waals surface area contributed by atoms with Crippen molar-refractivity contribution in [3.8, 4) is 20.9 Å². The minimum absolute atomic E-state index is 0.727. The molecule has 0 spiro atoms. The third-order valence-electron chi connectivity index (χ3n) is 6.47. The van der Waals surface area contributed by atoms with Crippen molar-refractivity contribution in [1.82, 2.24) is 0 Å². The van der Waals surface area contributed by atoms with E-state index in [1.807, 2.05) is 0 Å². The van der Waals surface area contributed by atoms with E-state index in [0.29, 0.717) is 0 Å². The molecule has 0 saturated heterocycles. The van der Waals surface area contributed by atoms with Crippen molar-refractivity contribution < 1.29 is 8.42 Å². The van der Waals surface area contributed by atoms with Gasteiger partial charge >= 0.3 is 0 Å². The largest absolute Gasteiger partial charge is 0.255 e. The van der Waals surface area contributed by atoms with E-state index in [2.05, 4.69) is 62.4 Å². The maximum atomic E-state index is 12.9. The normalized spacial score (nSPS) is 13.1. The van der Waals surface area contributed by atoms with Crippen LogP contribution in [0.4, 0.5) is 0 Å². The Hall–Kier alpha value is -1.56. The van der Waals surface area contributed by atoms with Crippen LogP contribution in [0.15, 0.2) is 58.3 Å². The van der Waals surface area contributed by atoms with Crippen LogP contribution in [0, 0.1) is 0 Å². The highest BCUT2D eigenvalue weighted by Gasteiger charge is 2.25. The summed E-state index contributed by atoms with van der Waals surface area (Å²) in [6.07, 6.45) is 15.6. The first-order valence-electron chi connectivity index (χ1n) is 13.0. The lowest BCUT2D eigenvalue weighted by Crippen LogP contribution is -1.97. The number of unbranched alkanes of at least 4 members (excludes halogenated alkanes) is 6. The van der Waals surface area contributed by atoms with Crippen molar-refractivity contribution in [2.45, 2.75) is 87.8 Å². The van der Waals surface area contributed by atoms with Gasteiger partial charge in [-0.3, -0.25) is 8.42 Å². The Labute approximate surface area is 221 Å². The number of hydrogen-bond donors (Lipinski definition) is 0. The van der Waals surface area contributed by atoms with Crippen LogP contribution in [0.25, 0.3) is 20.9 Å². The van der Waals surface area contributed by atoms with Crippen molar-refractivity contribution in [3.63, 3.8) is 0 Å². The van der Waals surface area contributed by atoms with E-state index in [1.165, 1.54) is 62.5 Å². The summed E-state index contributed by atoms with van der Waals surface area (Å²) in [7, 11) is -2.46. The number of thiophene rings is 1. The van der Waals surface area contributed by atoms with Gasteiger partial charge in [0.2, 0.25) is 0 Å². The first kappa shape index (κ1) is 28.0. The quantitative estimate of drug-likeness (QED) is 0.196. The highest BCUT2D eigenvalue weighted by Crippen LogP contribution is 2.45. The molecule has 5 heteroatoms. The van der Waals surface area contributed by atoms with E-state index in [0.717, 1.165) is 43.5 Å². The van der Waals surface area contributed by atoms with Gasteiger partial charge in [-0.15, -0.1) is 11.3 Å². The summed E-state index contributed by atoms with van der Waals surface area (Å²) in [5.74, 6) is 0. The molecule has 0 radical (unpaired) electrons. The van der Waals surface area contributed by atoms with Crippen molar-refractivity contribution in [2.24, 2.45) is 0 Å². The Bertz CT molecular complexity index is 1020. The molecule has 2 nitrogen and oxygen atoms in total. The van der Waals surface area contributed by atoms with E-state index in [9.17, 15) is 8.42 Å². The lowest BCUT2D eigenvalue weighted by Gasteiger charge is -2.07. The molecule has 0 amide bonds. The molecule has 2 aromatic carbocycles. The average molecular weight is 529 g/mol. The second-order valence-electron chi connectivity index (χ2n) is 9.34. The van der Waals surface area contributed by atoms with E-state index < -0.39 is 21.6 Å². The minimum atomic E-state index is -1.23. The third kappa shape index (κ3) is 7.71. The van der Waals surface area contributed by atoms with Gasteiger partial charge in [0.05, 0.1) is 41.1 Å². The van der Waals surface area contributed by atoms with Gasteiger partial charge in [0.1, 0.15) is 0 Å². The van der Waals surface area contributed by atoms with Crippen LogP contribution in [0.1, 0.15) is 76.3 Å². The summed E-state index contributed by atoms with van der Waals surface area (Å²) < 4.78 is 25.8. The van der Waals surface area contributed by atoms with E-state index in [-0.39, 0.29) is 0 Å². The van der Waals surface area contributed by atoms with Crippen LogP contribution in [0.3, 0.4) is 0 Å². The zero-order valence-electron chi connectivity index (χ0n) is 21.7. The molecule has 0 saturated carbocycles. The molecule has 2 unspecified atom stereocenters. The van der Waals surface area contributed by atoms with Gasteiger partial charge < -0.3 is 0 Å². The SMILES string of the molecule is CCCCCCc1ccc(-c2sc(-c3ccc(CCCCCC)cc3)c(S(C)=O)c2S(C)=O)cc1. The predicted molar refractivity (Wildman–Crippen MR) is 156 cm³/mol. The van der Waals surface area contributed by atoms with Crippen LogP contribution in [0.5, 0.6) is 0 Å². The fourth-order valence-electron chi connectivity index (χ4n) is 4.46. The summed E-state index contributed by atoms with van der Waals surface area (Å²) in [6.45, 7) is 4.47. The highest BCUT2D eigenvalue weighted by molar-refractivity contribution is 7.88. The Morgan fingerprint density at radius 2 is 0.943 bits per heavy atom. The van der Waals surface area contributed by atoms with Crippen LogP contribution >= 0.6 is 11.3 Å². The molecule has 0 bridgehead atoms. The van der Waals surface area contributed by atoms with Gasteiger partial charge in [-0.2, -0.15) is 0 Å². The van der Waals surface area contributed by atoms with E-state index >= 15 is 0 Å².